The van der Waals surface area contributed by atoms with Gasteiger partial charge in [-0.25, -0.2) is 19.3 Å². The standard InChI is InChI=1S/C23H30ClFN4OSi/c1-14(2)19-18(20-16-12-17(25)21(24)29-22(16)28-13-27-20)15(8-10-26-19)9-11-30-31(6,7)23(3,4)5/h8,10,12-14H,9,11H2,1-7H3. The van der Waals surface area contributed by atoms with Crippen LogP contribution in [0.15, 0.2) is 24.7 Å². The van der Waals surface area contributed by atoms with Gasteiger partial charge in [-0.15, -0.1) is 0 Å². The fourth-order valence-electron chi connectivity index (χ4n) is 3.21. The summed E-state index contributed by atoms with van der Waals surface area (Å²) in [6, 6.07) is 3.34. The van der Waals surface area contributed by atoms with Crippen LogP contribution in [-0.2, 0) is 10.8 Å². The van der Waals surface area contributed by atoms with Crippen molar-refractivity contribution < 1.29 is 8.82 Å². The van der Waals surface area contributed by atoms with E-state index in [2.05, 4.69) is 67.6 Å². The second-order valence-corrected chi connectivity index (χ2v) is 14.8. The average Bonchev–Trinajstić information content (AvgIpc) is 2.67. The van der Waals surface area contributed by atoms with Gasteiger partial charge in [0.25, 0.3) is 0 Å². The number of nitrogens with zero attached hydrogens (tertiary/aromatic N) is 4. The summed E-state index contributed by atoms with van der Waals surface area (Å²) < 4.78 is 20.7. The number of fused-ring (bicyclic) bond motifs is 1. The molecule has 166 valence electrons. The fourth-order valence-corrected chi connectivity index (χ4v) is 4.39. The molecule has 3 aromatic heterocycles. The number of hydrogen-bond donors (Lipinski definition) is 0. The quantitative estimate of drug-likeness (QED) is 0.307. The van der Waals surface area contributed by atoms with E-state index in [1.807, 2.05) is 12.3 Å². The second-order valence-electron chi connectivity index (χ2n) is 9.60. The molecular formula is C23H30ClFN4OSi. The molecule has 0 saturated heterocycles. The molecule has 0 saturated carbocycles. The van der Waals surface area contributed by atoms with Crippen molar-refractivity contribution in [3.63, 3.8) is 0 Å². The van der Waals surface area contributed by atoms with Gasteiger partial charge in [0.05, 0.1) is 11.4 Å². The van der Waals surface area contributed by atoms with E-state index in [9.17, 15) is 4.39 Å². The van der Waals surface area contributed by atoms with Crippen LogP contribution in [0.2, 0.25) is 23.3 Å². The summed E-state index contributed by atoms with van der Waals surface area (Å²) in [5.74, 6) is -0.436. The van der Waals surface area contributed by atoms with E-state index < -0.39 is 14.1 Å². The Labute approximate surface area is 189 Å². The van der Waals surface area contributed by atoms with Crippen LogP contribution in [0.5, 0.6) is 0 Å². The maximum absolute atomic E-state index is 14.3. The van der Waals surface area contributed by atoms with E-state index in [-0.39, 0.29) is 16.1 Å². The van der Waals surface area contributed by atoms with Crippen LogP contribution < -0.4 is 0 Å². The maximum Gasteiger partial charge on any atom is 0.191 e. The SMILES string of the molecule is CC(C)c1nccc(CCO[Si](C)(C)C(C)(C)C)c1-c1ncnc2nc(Cl)c(F)cc12. The monoisotopic (exact) mass is 460 g/mol. The number of aromatic nitrogens is 4. The summed E-state index contributed by atoms with van der Waals surface area (Å²) in [4.78, 5) is 17.4. The second kappa shape index (κ2) is 8.88. The summed E-state index contributed by atoms with van der Waals surface area (Å²) in [5, 5.41) is 0.462. The Kier molecular flexibility index (Phi) is 6.79. The van der Waals surface area contributed by atoms with Crippen molar-refractivity contribution in [3.8, 4) is 11.3 Å². The van der Waals surface area contributed by atoms with Gasteiger partial charge in [0, 0.05) is 23.8 Å². The number of pyridine rings is 2. The summed E-state index contributed by atoms with van der Waals surface area (Å²) in [6.07, 6.45) is 3.96. The third-order valence-electron chi connectivity index (χ3n) is 6.03. The molecule has 0 unspecified atom stereocenters. The third kappa shape index (κ3) is 4.94. The largest absolute Gasteiger partial charge is 0.416 e. The first-order valence-electron chi connectivity index (χ1n) is 10.5. The fraction of sp³-hybridized carbons (Fsp3) is 0.478. The molecule has 31 heavy (non-hydrogen) atoms. The minimum absolute atomic E-state index is 0.141. The van der Waals surface area contributed by atoms with Gasteiger partial charge in [-0.05, 0) is 48.2 Å². The van der Waals surface area contributed by atoms with E-state index in [1.54, 1.807) is 0 Å². The van der Waals surface area contributed by atoms with Gasteiger partial charge in [-0.2, -0.15) is 0 Å². The van der Waals surface area contributed by atoms with Crippen molar-refractivity contribution in [3.05, 3.63) is 46.9 Å². The highest BCUT2D eigenvalue weighted by atomic mass is 35.5. The first-order valence-corrected chi connectivity index (χ1v) is 13.8. The van der Waals surface area contributed by atoms with Crippen LogP contribution in [0.4, 0.5) is 4.39 Å². The Morgan fingerprint density at radius 3 is 2.52 bits per heavy atom. The zero-order valence-electron chi connectivity index (χ0n) is 19.3. The molecule has 0 bridgehead atoms. The van der Waals surface area contributed by atoms with E-state index in [0.717, 1.165) is 16.8 Å². The molecule has 3 heterocycles. The van der Waals surface area contributed by atoms with E-state index in [4.69, 9.17) is 16.0 Å². The number of halogens is 2. The topological polar surface area (TPSA) is 60.8 Å². The molecular weight excluding hydrogens is 431 g/mol. The first-order chi connectivity index (χ1) is 14.4. The lowest BCUT2D eigenvalue weighted by molar-refractivity contribution is 0.292. The maximum atomic E-state index is 14.3. The highest BCUT2D eigenvalue weighted by Gasteiger charge is 2.37. The van der Waals surface area contributed by atoms with Crippen molar-refractivity contribution in [1.29, 1.82) is 0 Å². The molecule has 3 aromatic rings. The molecule has 0 spiro atoms. The van der Waals surface area contributed by atoms with Crippen LogP contribution in [0, 0.1) is 5.82 Å². The van der Waals surface area contributed by atoms with Crippen molar-refractivity contribution in [2.45, 2.75) is 65.1 Å². The first kappa shape index (κ1) is 23.7. The van der Waals surface area contributed by atoms with Crippen molar-refractivity contribution in [2.24, 2.45) is 0 Å². The minimum atomic E-state index is -1.86. The normalized spacial score (nSPS) is 12.7. The van der Waals surface area contributed by atoms with Gasteiger partial charge in [-0.1, -0.05) is 46.2 Å². The molecule has 5 nitrogen and oxygen atoms in total. The summed E-state index contributed by atoms with van der Waals surface area (Å²) in [6.45, 7) is 16.0. The van der Waals surface area contributed by atoms with Crippen LogP contribution in [-0.4, -0.2) is 34.9 Å². The van der Waals surface area contributed by atoms with Gasteiger partial charge < -0.3 is 4.43 Å². The summed E-state index contributed by atoms with van der Waals surface area (Å²) in [5.41, 5.74) is 3.84. The Morgan fingerprint density at radius 2 is 1.87 bits per heavy atom. The smallest absolute Gasteiger partial charge is 0.191 e. The van der Waals surface area contributed by atoms with Gasteiger partial charge in [0.2, 0.25) is 0 Å². The number of rotatable bonds is 6. The molecule has 0 N–H and O–H groups in total. The molecule has 0 aliphatic rings. The predicted molar refractivity (Wildman–Crippen MR) is 126 cm³/mol. The summed E-state index contributed by atoms with van der Waals surface area (Å²) >= 11 is 5.88. The third-order valence-corrected chi connectivity index (χ3v) is 10.8. The Hall–Kier alpha value is -1.96. The van der Waals surface area contributed by atoms with Crippen molar-refractivity contribution in [1.82, 2.24) is 19.9 Å². The van der Waals surface area contributed by atoms with E-state index in [1.165, 1.54) is 12.4 Å². The zero-order valence-corrected chi connectivity index (χ0v) is 21.0. The van der Waals surface area contributed by atoms with E-state index in [0.29, 0.717) is 29.8 Å². The molecule has 0 radical (unpaired) electrons. The Morgan fingerprint density at radius 1 is 1.16 bits per heavy atom. The zero-order chi connectivity index (χ0) is 23.0. The van der Waals surface area contributed by atoms with Gasteiger partial charge in [0.1, 0.15) is 6.33 Å². The molecule has 0 atom stereocenters. The predicted octanol–water partition coefficient (Wildman–Crippen LogP) is 6.57. The molecule has 0 aromatic carbocycles. The molecule has 3 rings (SSSR count). The van der Waals surface area contributed by atoms with Gasteiger partial charge in [-0.3, -0.25) is 4.98 Å². The minimum Gasteiger partial charge on any atom is -0.416 e. The lowest BCUT2D eigenvalue weighted by Gasteiger charge is -2.36. The lowest BCUT2D eigenvalue weighted by atomic mass is 9.93. The number of hydrogen-bond acceptors (Lipinski definition) is 5. The van der Waals surface area contributed by atoms with Crippen LogP contribution in [0.1, 0.15) is 51.8 Å². The highest BCUT2D eigenvalue weighted by molar-refractivity contribution is 6.74. The van der Waals surface area contributed by atoms with E-state index >= 15 is 0 Å². The Bertz CT molecular complexity index is 1100. The van der Waals surface area contributed by atoms with Crippen LogP contribution in [0.3, 0.4) is 0 Å². The highest BCUT2D eigenvalue weighted by Crippen LogP contribution is 2.37. The van der Waals surface area contributed by atoms with Crippen LogP contribution >= 0.6 is 11.6 Å². The molecule has 0 aliphatic carbocycles. The van der Waals surface area contributed by atoms with Crippen molar-refractivity contribution in [2.75, 3.05) is 6.61 Å². The molecule has 0 aliphatic heterocycles. The molecule has 0 fully saturated rings. The Balaban J connectivity index is 2.09. The average molecular weight is 461 g/mol. The van der Waals surface area contributed by atoms with Gasteiger partial charge in [0.15, 0.2) is 24.9 Å². The molecule has 0 amide bonds. The molecule has 8 heteroatoms. The summed E-state index contributed by atoms with van der Waals surface area (Å²) in [7, 11) is -1.86. The van der Waals surface area contributed by atoms with Crippen LogP contribution in [0.25, 0.3) is 22.3 Å². The lowest BCUT2D eigenvalue weighted by Crippen LogP contribution is -2.41. The van der Waals surface area contributed by atoms with Gasteiger partial charge >= 0.3 is 0 Å². The van der Waals surface area contributed by atoms with Crippen molar-refractivity contribution >= 4 is 31.0 Å².